The van der Waals surface area contributed by atoms with Crippen LogP contribution in [0, 0.1) is 11.3 Å². The van der Waals surface area contributed by atoms with Crippen molar-refractivity contribution in [3.05, 3.63) is 42.6 Å². The summed E-state index contributed by atoms with van der Waals surface area (Å²) in [6, 6.07) is 4.39. The number of likely N-dealkylation sites (tertiary alicyclic amines) is 1. The lowest BCUT2D eigenvalue weighted by atomic mass is 9.85. The second kappa shape index (κ2) is 14.5. The predicted molar refractivity (Wildman–Crippen MR) is 180 cm³/mol. The standard InChI is InChI=1S/C36H46N4O10/c1-8-20-18-36(20,33(44)48-7)39-30(41)27-16-23(49-28-17-26(32(43)47-6)37-25-15-22(46-5)13-14-24(25)28)19-40(27)31(42)29(35(2,3)4)38-34(45)50-21-11-9-10-12-21/h8,13-15,17,20-21,23,27,29H,1,9-12,16,18-19H2,2-7H3,(H,38,45)(H,39,41)/t20-,23+,27+,29-,36-/m1/s1. The number of amides is 3. The molecule has 0 bridgehead atoms. The van der Waals surface area contributed by atoms with Gasteiger partial charge in [0.25, 0.3) is 0 Å². The van der Waals surface area contributed by atoms with E-state index in [4.69, 9.17) is 23.7 Å². The van der Waals surface area contributed by atoms with E-state index in [1.165, 1.54) is 32.3 Å². The molecule has 3 fully saturated rings. The van der Waals surface area contributed by atoms with Crippen molar-refractivity contribution >= 4 is 40.7 Å². The van der Waals surface area contributed by atoms with Crippen LogP contribution in [0.3, 0.4) is 0 Å². The number of nitrogens with zero attached hydrogens (tertiary/aromatic N) is 2. The number of alkyl carbamates (subject to hydrolysis) is 1. The molecule has 2 saturated carbocycles. The maximum absolute atomic E-state index is 14.5. The highest BCUT2D eigenvalue weighted by Crippen LogP contribution is 2.45. The molecule has 2 aliphatic carbocycles. The molecule has 2 N–H and O–H groups in total. The van der Waals surface area contributed by atoms with Gasteiger partial charge in [-0.05, 0) is 49.7 Å². The molecule has 2 aromatic rings. The molecule has 5 atom stereocenters. The van der Waals surface area contributed by atoms with Gasteiger partial charge in [-0.15, -0.1) is 6.58 Å². The highest BCUT2D eigenvalue weighted by molar-refractivity contribution is 5.97. The molecule has 14 heteroatoms. The maximum atomic E-state index is 14.5. The summed E-state index contributed by atoms with van der Waals surface area (Å²) in [5, 5.41) is 6.17. The Labute approximate surface area is 291 Å². The van der Waals surface area contributed by atoms with Crippen LogP contribution in [0.15, 0.2) is 36.9 Å². The van der Waals surface area contributed by atoms with Crippen LogP contribution in [0.2, 0.25) is 0 Å². The second-order valence-corrected chi connectivity index (χ2v) is 14.1. The highest BCUT2D eigenvalue weighted by Gasteiger charge is 2.62. The summed E-state index contributed by atoms with van der Waals surface area (Å²) >= 11 is 0. The zero-order valence-electron chi connectivity index (χ0n) is 29.4. The molecule has 0 unspecified atom stereocenters. The number of hydrogen-bond acceptors (Lipinski definition) is 11. The Morgan fingerprint density at radius 3 is 2.36 bits per heavy atom. The minimum atomic E-state index is -1.30. The molecule has 50 heavy (non-hydrogen) atoms. The summed E-state index contributed by atoms with van der Waals surface area (Å²) < 4.78 is 27.3. The van der Waals surface area contributed by atoms with Crippen molar-refractivity contribution in [3.63, 3.8) is 0 Å². The number of benzene rings is 1. The number of methoxy groups -OCH3 is 3. The van der Waals surface area contributed by atoms with E-state index < -0.39 is 59.0 Å². The molecule has 14 nitrogen and oxygen atoms in total. The van der Waals surface area contributed by atoms with Gasteiger partial charge in [-0.25, -0.2) is 19.4 Å². The lowest BCUT2D eigenvalue weighted by molar-refractivity contribution is -0.148. The quantitative estimate of drug-likeness (QED) is 0.200. The van der Waals surface area contributed by atoms with Gasteiger partial charge in [-0.2, -0.15) is 0 Å². The van der Waals surface area contributed by atoms with Crippen molar-refractivity contribution in [2.45, 2.75) is 89.1 Å². The average Bonchev–Trinajstić information content (AvgIpc) is 3.36. The number of rotatable bonds is 11. The molecular formula is C36H46N4O10. The SMILES string of the molecule is C=C[C@@H]1C[C@]1(NC(=O)[C@@H]1C[C@H](Oc2cc(C(=O)OC)nc3cc(OC)ccc23)CN1C(=O)[C@@H](NC(=O)OC1CCCC1)C(C)(C)C)C(=O)OC. The molecule has 3 amide bonds. The number of aromatic nitrogens is 1. The van der Waals surface area contributed by atoms with Crippen LogP contribution < -0.4 is 20.1 Å². The van der Waals surface area contributed by atoms with Gasteiger partial charge in [0.2, 0.25) is 11.8 Å². The van der Waals surface area contributed by atoms with Crippen LogP contribution in [-0.4, -0.2) is 97.4 Å². The maximum Gasteiger partial charge on any atom is 0.408 e. The minimum Gasteiger partial charge on any atom is -0.497 e. The molecule has 1 aromatic heterocycles. The van der Waals surface area contributed by atoms with Crippen LogP contribution in [0.25, 0.3) is 10.9 Å². The number of esters is 2. The Hall–Kier alpha value is -4.88. The molecule has 2 heterocycles. The third kappa shape index (κ3) is 7.48. The topological polar surface area (TPSA) is 172 Å². The number of ether oxygens (including phenoxy) is 5. The number of pyridine rings is 1. The first-order valence-electron chi connectivity index (χ1n) is 16.8. The number of carbonyl (C=O) groups is 5. The zero-order valence-corrected chi connectivity index (χ0v) is 29.4. The van der Waals surface area contributed by atoms with E-state index in [1.807, 2.05) is 0 Å². The Bertz CT molecular complexity index is 1670. The fourth-order valence-electron chi connectivity index (χ4n) is 6.78. The number of nitrogens with one attached hydrogen (secondary N) is 2. The molecule has 1 aliphatic heterocycles. The van der Waals surface area contributed by atoms with E-state index in [-0.39, 0.29) is 36.4 Å². The fraction of sp³-hybridized carbons (Fsp3) is 0.556. The van der Waals surface area contributed by atoms with E-state index in [0.29, 0.717) is 23.1 Å². The third-order valence-corrected chi connectivity index (χ3v) is 9.66. The Balaban J connectivity index is 1.47. The molecule has 3 aliphatic rings. The summed E-state index contributed by atoms with van der Waals surface area (Å²) in [4.78, 5) is 72.7. The molecule has 5 rings (SSSR count). The van der Waals surface area contributed by atoms with E-state index in [9.17, 15) is 24.0 Å². The first-order chi connectivity index (χ1) is 23.7. The number of carbonyl (C=O) groups excluding carboxylic acids is 5. The zero-order chi connectivity index (χ0) is 36.4. The lowest BCUT2D eigenvalue weighted by Gasteiger charge is -2.35. The van der Waals surface area contributed by atoms with Gasteiger partial charge < -0.3 is 39.2 Å². The van der Waals surface area contributed by atoms with Crippen LogP contribution in [-0.2, 0) is 28.6 Å². The van der Waals surface area contributed by atoms with E-state index in [2.05, 4.69) is 22.2 Å². The van der Waals surface area contributed by atoms with Gasteiger partial charge in [0, 0.05) is 29.9 Å². The first kappa shape index (κ1) is 36.4. The van der Waals surface area contributed by atoms with Gasteiger partial charge in [-0.1, -0.05) is 26.8 Å². The van der Waals surface area contributed by atoms with E-state index >= 15 is 0 Å². The predicted octanol–water partition coefficient (Wildman–Crippen LogP) is 3.70. The summed E-state index contributed by atoms with van der Waals surface area (Å²) in [5.74, 6) is -1.95. The van der Waals surface area contributed by atoms with Crippen molar-refractivity contribution in [2.24, 2.45) is 11.3 Å². The van der Waals surface area contributed by atoms with Crippen LogP contribution in [0.4, 0.5) is 4.79 Å². The first-order valence-corrected chi connectivity index (χ1v) is 16.8. The minimum absolute atomic E-state index is 0.00883. The van der Waals surface area contributed by atoms with Crippen molar-refractivity contribution in [3.8, 4) is 11.5 Å². The Morgan fingerprint density at radius 1 is 1.04 bits per heavy atom. The largest absolute Gasteiger partial charge is 0.497 e. The molecule has 0 spiro atoms. The van der Waals surface area contributed by atoms with Crippen LogP contribution >= 0.6 is 0 Å². The van der Waals surface area contributed by atoms with E-state index in [1.54, 1.807) is 45.0 Å². The third-order valence-electron chi connectivity index (χ3n) is 9.66. The molecule has 0 radical (unpaired) electrons. The molecular weight excluding hydrogens is 648 g/mol. The van der Waals surface area contributed by atoms with Gasteiger partial charge in [0.05, 0.1) is 33.4 Å². The normalized spacial score (nSPS) is 23.8. The number of fused-ring (bicyclic) bond motifs is 1. The monoisotopic (exact) mass is 694 g/mol. The van der Waals surface area contributed by atoms with Crippen LogP contribution in [0.5, 0.6) is 11.5 Å². The van der Waals surface area contributed by atoms with Crippen molar-refractivity contribution < 1.29 is 47.7 Å². The van der Waals surface area contributed by atoms with Crippen molar-refractivity contribution in [1.82, 2.24) is 20.5 Å². The molecule has 270 valence electrons. The Morgan fingerprint density at radius 2 is 1.76 bits per heavy atom. The summed E-state index contributed by atoms with van der Waals surface area (Å²) in [7, 11) is 3.99. The summed E-state index contributed by atoms with van der Waals surface area (Å²) in [5.41, 5.74) is -1.68. The smallest absolute Gasteiger partial charge is 0.408 e. The van der Waals surface area contributed by atoms with Gasteiger partial charge in [-0.3, -0.25) is 9.59 Å². The summed E-state index contributed by atoms with van der Waals surface area (Å²) in [6.45, 7) is 9.15. The fourth-order valence-corrected chi connectivity index (χ4v) is 6.78. The average molecular weight is 695 g/mol. The second-order valence-electron chi connectivity index (χ2n) is 14.1. The Kier molecular flexibility index (Phi) is 10.6. The van der Waals surface area contributed by atoms with Gasteiger partial charge in [0.1, 0.15) is 41.3 Å². The molecule has 1 saturated heterocycles. The van der Waals surface area contributed by atoms with Crippen LogP contribution in [0.1, 0.15) is 69.8 Å². The van der Waals surface area contributed by atoms with Crippen molar-refractivity contribution in [1.29, 1.82) is 0 Å². The van der Waals surface area contributed by atoms with Gasteiger partial charge >= 0.3 is 18.0 Å². The summed E-state index contributed by atoms with van der Waals surface area (Å²) in [6.07, 6.45) is 3.70. The van der Waals surface area contributed by atoms with E-state index in [0.717, 1.165) is 25.7 Å². The number of hydrogen-bond donors (Lipinski definition) is 2. The molecule has 1 aromatic carbocycles. The lowest BCUT2D eigenvalue weighted by Crippen LogP contribution is -2.59. The van der Waals surface area contributed by atoms with Crippen molar-refractivity contribution in [2.75, 3.05) is 27.9 Å². The van der Waals surface area contributed by atoms with Gasteiger partial charge in [0.15, 0.2) is 5.69 Å². The highest BCUT2D eigenvalue weighted by atomic mass is 16.6.